The fraction of sp³-hybridized carbons (Fsp3) is 0.400. The Kier molecular flexibility index (Phi) is 7.06. The Bertz CT molecular complexity index is 269. The van der Waals surface area contributed by atoms with Gasteiger partial charge in [0.2, 0.25) is 0 Å². The lowest BCUT2D eigenvalue weighted by atomic mass is 10.2. The van der Waals surface area contributed by atoms with Crippen molar-refractivity contribution in [1.29, 1.82) is 0 Å². The third kappa shape index (κ3) is 4.99. The van der Waals surface area contributed by atoms with E-state index in [4.69, 9.17) is 4.18 Å². The third-order valence-corrected chi connectivity index (χ3v) is 1.92. The van der Waals surface area contributed by atoms with E-state index in [1.807, 2.05) is 32.9 Å². The first-order valence-corrected chi connectivity index (χ1v) is 5.43. The van der Waals surface area contributed by atoms with Crippen molar-refractivity contribution in [3.8, 4) is 5.75 Å². The molecular formula is C10H16O3S. The van der Waals surface area contributed by atoms with Crippen LogP contribution in [0.5, 0.6) is 5.75 Å². The summed E-state index contributed by atoms with van der Waals surface area (Å²) in [5.74, 6) is 0.542. The molecule has 0 saturated heterocycles. The summed E-state index contributed by atoms with van der Waals surface area (Å²) >= 11 is -1.68. The van der Waals surface area contributed by atoms with Crippen LogP contribution in [0, 0.1) is 6.92 Å². The van der Waals surface area contributed by atoms with Crippen LogP contribution in [0.15, 0.2) is 24.3 Å². The van der Waals surface area contributed by atoms with E-state index in [-0.39, 0.29) is 0 Å². The Morgan fingerprint density at radius 1 is 1.14 bits per heavy atom. The zero-order chi connectivity index (χ0) is 11.0. The molecule has 0 spiro atoms. The molecule has 1 unspecified atom stereocenters. The highest BCUT2D eigenvalue weighted by atomic mass is 32.2. The first-order chi connectivity index (χ1) is 6.72. The molecule has 0 aliphatic rings. The van der Waals surface area contributed by atoms with E-state index in [1.165, 1.54) is 7.11 Å². The highest BCUT2D eigenvalue weighted by Crippen LogP contribution is 2.12. The van der Waals surface area contributed by atoms with Crippen LogP contribution in [0.25, 0.3) is 0 Å². The van der Waals surface area contributed by atoms with Crippen molar-refractivity contribution >= 4 is 11.4 Å². The summed E-state index contributed by atoms with van der Waals surface area (Å²) in [5, 5.41) is 0. The standard InChI is InChI=1S/C8H10O3S.C2H6/c1-7-3-5-8(6-4-7)11-12(9)10-2;1-2/h3-6H,1-2H3;1-2H3. The van der Waals surface area contributed by atoms with Gasteiger partial charge < -0.3 is 4.18 Å². The molecule has 0 aliphatic heterocycles. The molecule has 0 N–H and O–H groups in total. The van der Waals surface area contributed by atoms with Crippen LogP contribution >= 0.6 is 0 Å². The Balaban J connectivity index is 0.000000791. The first kappa shape index (κ1) is 13.1. The Labute approximate surface area is 87.9 Å². The minimum absolute atomic E-state index is 0.542. The van der Waals surface area contributed by atoms with Crippen molar-refractivity contribution in [3.63, 3.8) is 0 Å². The molecule has 0 radical (unpaired) electrons. The predicted octanol–water partition coefficient (Wildman–Crippen LogP) is 2.63. The summed E-state index contributed by atoms with van der Waals surface area (Å²) in [4.78, 5) is 0. The van der Waals surface area contributed by atoms with Crippen LogP contribution in [0.3, 0.4) is 0 Å². The zero-order valence-corrected chi connectivity index (χ0v) is 9.76. The largest absolute Gasteiger partial charge is 0.380 e. The SMILES string of the molecule is CC.COS(=O)Oc1ccc(C)cc1. The van der Waals surface area contributed by atoms with Crippen LogP contribution in [0.2, 0.25) is 0 Å². The highest BCUT2D eigenvalue weighted by Gasteiger charge is 1.98. The number of hydrogen-bond donors (Lipinski definition) is 0. The minimum Gasteiger partial charge on any atom is -0.380 e. The van der Waals surface area contributed by atoms with Crippen molar-refractivity contribution in [2.45, 2.75) is 20.8 Å². The van der Waals surface area contributed by atoms with Crippen LogP contribution in [0.1, 0.15) is 19.4 Å². The van der Waals surface area contributed by atoms with E-state index < -0.39 is 11.4 Å². The van der Waals surface area contributed by atoms with E-state index in [2.05, 4.69) is 4.18 Å². The second kappa shape index (κ2) is 7.53. The zero-order valence-electron chi connectivity index (χ0n) is 8.94. The summed E-state index contributed by atoms with van der Waals surface area (Å²) < 4.78 is 20.0. The maximum absolute atomic E-state index is 10.7. The maximum Gasteiger partial charge on any atom is 0.359 e. The van der Waals surface area contributed by atoms with Crippen molar-refractivity contribution in [1.82, 2.24) is 0 Å². The Hall–Kier alpha value is -0.870. The van der Waals surface area contributed by atoms with Crippen LogP contribution in [-0.4, -0.2) is 11.3 Å². The molecule has 0 bridgehead atoms. The molecular weight excluding hydrogens is 200 g/mol. The monoisotopic (exact) mass is 216 g/mol. The normalized spacial score (nSPS) is 11.1. The fourth-order valence-electron chi connectivity index (χ4n) is 0.706. The molecule has 0 heterocycles. The van der Waals surface area contributed by atoms with Gasteiger partial charge in [0.25, 0.3) is 0 Å². The number of aryl methyl sites for hydroxylation is 1. The van der Waals surface area contributed by atoms with Gasteiger partial charge in [-0.25, -0.2) is 0 Å². The second-order valence-corrected chi connectivity index (χ2v) is 3.18. The van der Waals surface area contributed by atoms with Crippen molar-refractivity contribution < 1.29 is 12.6 Å². The van der Waals surface area contributed by atoms with E-state index in [1.54, 1.807) is 12.1 Å². The number of rotatable bonds is 3. The van der Waals surface area contributed by atoms with Gasteiger partial charge in [-0.2, -0.15) is 4.21 Å². The molecule has 0 aromatic heterocycles. The van der Waals surface area contributed by atoms with Crippen molar-refractivity contribution in [3.05, 3.63) is 29.8 Å². The molecule has 1 aromatic rings. The van der Waals surface area contributed by atoms with Gasteiger partial charge in [0.15, 0.2) is 0 Å². The van der Waals surface area contributed by atoms with Gasteiger partial charge in [-0.05, 0) is 19.1 Å². The molecule has 4 heteroatoms. The summed E-state index contributed by atoms with van der Waals surface area (Å²) in [6.45, 7) is 5.97. The average molecular weight is 216 g/mol. The molecule has 1 aromatic carbocycles. The molecule has 3 nitrogen and oxygen atoms in total. The lowest BCUT2D eigenvalue weighted by Gasteiger charge is -2.01. The molecule has 0 fully saturated rings. The van der Waals surface area contributed by atoms with Gasteiger partial charge >= 0.3 is 11.4 Å². The van der Waals surface area contributed by atoms with Crippen molar-refractivity contribution in [2.24, 2.45) is 0 Å². The summed E-state index contributed by atoms with van der Waals surface area (Å²) in [6.07, 6.45) is 0. The van der Waals surface area contributed by atoms with Crippen molar-refractivity contribution in [2.75, 3.05) is 7.11 Å². The summed E-state index contributed by atoms with van der Waals surface area (Å²) in [5.41, 5.74) is 1.13. The van der Waals surface area contributed by atoms with Gasteiger partial charge in [0.1, 0.15) is 5.75 Å². The molecule has 1 rings (SSSR count). The average Bonchev–Trinajstić information content (AvgIpc) is 2.24. The van der Waals surface area contributed by atoms with E-state index in [9.17, 15) is 4.21 Å². The highest BCUT2D eigenvalue weighted by molar-refractivity contribution is 7.75. The summed E-state index contributed by atoms with van der Waals surface area (Å²) in [6, 6.07) is 7.24. The molecule has 80 valence electrons. The molecule has 0 aliphatic carbocycles. The quantitative estimate of drug-likeness (QED) is 0.779. The van der Waals surface area contributed by atoms with Gasteiger partial charge in [-0.3, -0.25) is 4.18 Å². The van der Waals surface area contributed by atoms with Gasteiger partial charge in [0, 0.05) is 0 Å². The smallest absolute Gasteiger partial charge is 0.359 e. The Morgan fingerprint density at radius 2 is 1.64 bits per heavy atom. The topological polar surface area (TPSA) is 35.5 Å². The van der Waals surface area contributed by atoms with E-state index in [0.29, 0.717) is 5.75 Å². The van der Waals surface area contributed by atoms with E-state index >= 15 is 0 Å². The molecule has 0 amide bonds. The fourth-order valence-corrected chi connectivity index (χ4v) is 1.04. The number of benzene rings is 1. The molecule has 0 saturated carbocycles. The number of hydrogen-bond acceptors (Lipinski definition) is 3. The van der Waals surface area contributed by atoms with Crippen LogP contribution in [0.4, 0.5) is 0 Å². The minimum atomic E-state index is -1.68. The molecule has 14 heavy (non-hydrogen) atoms. The van der Waals surface area contributed by atoms with Crippen LogP contribution < -0.4 is 4.18 Å². The lowest BCUT2D eigenvalue weighted by molar-refractivity contribution is 0.383. The molecule has 1 atom stereocenters. The van der Waals surface area contributed by atoms with Gasteiger partial charge in [0.05, 0.1) is 7.11 Å². The van der Waals surface area contributed by atoms with Crippen LogP contribution in [-0.2, 0) is 15.5 Å². The first-order valence-electron chi connectivity index (χ1n) is 4.43. The maximum atomic E-state index is 10.7. The lowest BCUT2D eigenvalue weighted by Crippen LogP contribution is -2.01. The van der Waals surface area contributed by atoms with Gasteiger partial charge in [-0.1, -0.05) is 31.5 Å². The second-order valence-electron chi connectivity index (χ2n) is 2.27. The van der Waals surface area contributed by atoms with E-state index in [0.717, 1.165) is 5.56 Å². The van der Waals surface area contributed by atoms with Gasteiger partial charge in [-0.15, -0.1) is 0 Å². The predicted molar refractivity (Wildman–Crippen MR) is 58.3 cm³/mol. The third-order valence-electron chi connectivity index (χ3n) is 1.32. The Morgan fingerprint density at radius 3 is 2.07 bits per heavy atom. The summed E-state index contributed by atoms with van der Waals surface area (Å²) in [7, 11) is 1.32.